The molecule has 0 bridgehead atoms. The number of hydrogen-bond donors (Lipinski definition) is 0. The number of Topliss-reactive ketones (excluding diaryl/α,β-unsaturated/α-hetero) is 1. The molecule has 1 heterocycles. The molecule has 126 valence electrons. The van der Waals surface area contributed by atoms with Crippen molar-refractivity contribution in [3.8, 4) is 0 Å². The number of nitrogens with zero attached hydrogens (tertiary/aromatic N) is 3. The molecular weight excluding hydrogens is 314 g/mol. The van der Waals surface area contributed by atoms with Gasteiger partial charge < -0.3 is 10.3 Å². The summed E-state index contributed by atoms with van der Waals surface area (Å²) in [4.78, 5) is 42.9. The van der Waals surface area contributed by atoms with Gasteiger partial charge in [0.25, 0.3) is 5.78 Å². The quantitative estimate of drug-likeness (QED) is 0.176. The molecule has 1 amide bonds. The van der Waals surface area contributed by atoms with Crippen molar-refractivity contribution in [2.24, 2.45) is 0 Å². The van der Waals surface area contributed by atoms with Crippen LogP contribution in [-0.2, 0) is 30.6 Å². The molecule has 1 aliphatic heterocycles. The third-order valence-corrected chi connectivity index (χ3v) is 3.65. The molecule has 1 aliphatic rings. The zero-order chi connectivity index (χ0) is 17.5. The maximum Gasteiger partial charge on any atom is 0.441 e. The van der Waals surface area contributed by atoms with Crippen LogP contribution < -0.4 is 0 Å². The van der Waals surface area contributed by atoms with E-state index in [1.54, 1.807) is 0 Å². The lowest BCUT2D eigenvalue weighted by atomic mass is 9.97. The van der Waals surface area contributed by atoms with Crippen LogP contribution in [0.2, 0.25) is 0 Å². The molecule has 24 heavy (non-hydrogen) atoms. The Morgan fingerprint density at radius 2 is 2.04 bits per heavy atom. The predicted molar refractivity (Wildman–Crippen MR) is 81.4 cm³/mol. The number of esters is 1. The van der Waals surface area contributed by atoms with E-state index in [1.807, 2.05) is 30.3 Å². The number of benzene rings is 1. The second-order valence-corrected chi connectivity index (χ2v) is 5.24. The SMILES string of the molecule is COC(=O)C(=[N+]=[N-])C(=O)CCC1CC(=O)N1OCc1ccccc1. The Morgan fingerprint density at radius 1 is 1.33 bits per heavy atom. The number of β-lactam (4-membered cyclic amide) rings is 1. The van der Waals surface area contributed by atoms with Gasteiger partial charge in [-0.3, -0.25) is 14.4 Å². The Bertz CT molecular complexity index is 682. The standard InChI is InChI=1S/C16H17N3O5/c1-23-16(22)15(18-17)13(20)8-7-12-9-14(21)19(12)24-10-11-5-3-2-4-6-11/h2-6,12H,7-10H2,1H3. The van der Waals surface area contributed by atoms with Crippen molar-refractivity contribution in [1.82, 2.24) is 5.06 Å². The highest BCUT2D eigenvalue weighted by Gasteiger charge is 2.39. The van der Waals surface area contributed by atoms with Crippen LogP contribution in [0, 0.1) is 0 Å². The Balaban J connectivity index is 1.84. The van der Waals surface area contributed by atoms with E-state index in [0.29, 0.717) is 6.42 Å². The zero-order valence-electron chi connectivity index (χ0n) is 13.2. The van der Waals surface area contributed by atoms with E-state index < -0.39 is 17.5 Å². The number of rotatable bonds is 8. The fraction of sp³-hybridized carbons (Fsp3) is 0.375. The lowest BCUT2D eigenvalue weighted by molar-refractivity contribution is -0.234. The van der Waals surface area contributed by atoms with Gasteiger partial charge in [-0.05, 0) is 12.0 Å². The molecule has 0 aliphatic carbocycles. The van der Waals surface area contributed by atoms with E-state index >= 15 is 0 Å². The van der Waals surface area contributed by atoms with Crippen molar-refractivity contribution in [2.75, 3.05) is 7.11 Å². The molecule has 0 spiro atoms. The first-order valence-corrected chi connectivity index (χ1v) is 7.39. The van der Waals surface area contributed by atoms with Gasteiger partial charge in [0.2, 0.25) is 5.91 Å². The van der Waals surface area contributed by atoms with Gasteiger partial charge in [0.1, 0.15) is 6.61 Å². The Kier molecular flexibility index (Phi) is 5.95. The third-order valence-electron chi connectivity index (χ3n) is 3.65. The summed E-state index contributed by atoms with van der Waals surface area (Å²) in [6.45, 7) is 0.253. The summed E-state index contributed by atoms with van der Waals surface area (Å²) < 4.78 is 4.36. The molecular formula is C16H17N3O5. The highest BCUT2D eigenvalue weighted by Crippen LogP contribution is 2.24. The average molecular weight is 331 g/mol. The minimum Gasteiger partial charge on any atom is -0.460 e. The monoisotopic (exact) mass is 331 g/mol. The summed E-state index contributed by atoms with van der Waals surface area (Å²) in [5, 5.41) is 1.24. The van der Waals surface area contributed by atoms with Crippen molar-refractivity contribution >= 4 is 23.4 Å². The van der Waals surface area contributed by atoms with Crippen LogP contribution in [-0.4, -0.2) is 46.4 Å². The Labute approximate surface area is 138 Å². The molecule has 8 nitrogen and oxygen atoms in total. The molecule has 8 heteroatoms. The second kappa shape index (κ2) is 8.14. The molecule has 2 rings (SSSR count). The molecule has 1 fully saturated rings. The maximum atomic E-state index is 11.9. The molecule has 1 aromatic rings. The molecule has 0 radical (unpaired) electrons. The van der Waals surface area contributed by atoms with Gasteiger partial charge in [-0.25, -0.2) is 9.86 Å². The van der Waals surface area contributed by atoms with Gasteiger partial charge in [-0.1, -0.05) is 30.3 Å². The van der Waals surface area contributed by atoms with Gasteiger partial charge in [-0.2, -0.15) is 4.79 Å². The number of carbonyl (C=O) groups is 3. The maximum absolute atomic E-state index is 11.9. The van der Waals surface area contributed by atoms with Crippen molar-refractivity contribution in [3.63, 3.8) is 0 Å². The van der Waals surface area contributed by atoms with Crippen LogP contribution in [0.5, 0.6) is 0 Å². The van der Waals surface area contributed by atoms with Crippen LogP contribution in [0.25, 0.3) is 5.53 Å². The molecule has 1 saturated heterocycles. The Morgan fingerprint density at radius 3 is 2.62 bits per heavy atom. The average Bonchev–Trinajstić information content (AvgIpc) is 2.59. The Hall–Kier alpha value is -2.83. The number of ketones is 1. The van der Waals surface area contributed by atoms with Gasteiger partial charge in [0, 0.05) is 6.42 Å². The summed E-state index contributed by atoms with van der Waals surface area (Å²) in [6, 6.07) is 9.13. The third kappa shape index (κ3) is 4.13. The first kappa shape index (κ1) is 17.5. The number of methoxy groups -OCH3 is 1. The fourth-order valence-electron chi connectivity index (χ4n) is 2.30. The van der Waals surface area contributed by atoms with Gasteiger partial charge >= 0.3 is 11.7 Å². The minimum atomic E-state index is -0.996. The van der Waals surface area contributed by atoms with Crippen LogP contribution in [0.4, 0.5) is 0 Å². The van der Waals surface area contributed by atoms with Crippen LogP contribution in [0.1, 0.15) is 24.8 Å². The van der Waals surface area contributed by atoms with Crippen molar-refractivity contribution in [3.05, 3.63) is 41.4 Å². The molecule has 1 aromatic carbocycles. The lowest BCUT2D eigenvalue weighted by Gasteiger charge is -2.38. The molecule has 0 N–H and O–H groups in total. The summed E-state index contributed by atoms with van der Waals surface area (Å²) in [5.74, 6) is -1.80. The highest BCUT2D eigenvalue weighted by molar-refractivity contribution is 6.62. The fourth-order valence-corrected chi connectivity index (χ4v) is 2.30. The molecule has 0 saturated carbocycles. The number of hydroxylamine groups is 2. The number of amides is 1. The van der Waals surface area contributed by atoms with Gasteiger partial charge in [-0.15, -0.1) is 0 Å². The molecule has 1 atom stereocenters. The summed E-state index contributed by atoms with van der Waals surface area (Å²) >= 11 is 0. The molecule has 1 unspecified atom stereocenters. The zero-order valence-corrected chi connectivity index (χ0v) is 13.2. The summed E-state index contributed by atoms with van der Waals surface area (Å²) in [6.07, 6.45) is 0.513. The van der Waals surface area contributed by atoms with E-state index in [-0.39, 0.29) is 31.4 Å². The predicted octanol–water partition coefficient (Wildman–Crippen LogP) is 0.912. The summed E-state index contributed by atoms with van der Waals surface area (Å²) in [7, 11) is 1.09. The van der Waals surface area contributed by atoms with E-state index in [1.165, 1.54) is 5.06 Å². The number of ether oxygens (including phenoxy) is 1. The normalized spacial score (nSPS) is 16.1. The second-order valence-electron chi connectivity index (χ2n) is 5.24. The first-order chi connectivity index (χ1) is 11.6. The number of carbonyl (C=O) groups excluding carboxylic acids is 3. The van der Waals surface area contributed by atoms with E-state index in [0.717, 1.165) is 12.7 Å². The largest absolute Gasteiger partial charge is 0.460 e. The van der Waals surface area contributed by atoms with Crippen molar-refractivity contribution < 1.29 is 28.7 Å². The van der Waals surface area contributed by atoms with Gasteiger partial charge in [0.05, 0.1) is 19.6 Å². The van der Waals surface area contributed by atoms with E-state index in [9.17, 15) is 14.4 Å². The smallest absolute Gasteiger partial charge is 0.441 e. The van der Waals surface area contributed by atoms with E-state index in [2.05, 4.69) is 9.53 Å². The first-order valence-electron chi connectivity index (χ1n) is 7.39. The van der Waals surface area contributed by atoms with Crippen molar-refractivity contribution in [2.45, 2.75) is 31.9 Å². The van der Waals surface area contributed by atoms with Crippen LogP contribution in [0.3, 0.4) is 0 Å². The molecule has 0 aromatic heterocycles. The van der Waals surface area contributed by atoms with Gasteiger partial charge in [0.15, 0.2) is 0 Å². The number of hydrogen-bond acceptors (Lipinski definition) is 5. The van der Waals surface area contributed by atoms with E-state index in [4.69, 9.17) is 10.4 Å². The van der Waals surface area contributed by atoms with Crippen LogP contribution in [0.15, 0.2) is 30.3 Å². The van der Waals surface area contributed by atoms with Crippen LogP contribution >= 0.6 is 0 Å². The summed E-state index contributed by atoms with van der Waals surface area (Å²) in [5.41, 5.74) is 8.99. The topological polar surface area (TPSA) is 109 Å². The highest BCUT2D eigenvalue weighted by atomic mass is 16.7. The lowest BCUT2D eigenvalue weighted by Crippen LogP contribution is -2.52. The minimum absolute atomic E-state index is 0.0579. The van der Waals surface area contributed by atoms with Crippen molar-refractivity contribution in [1.29, 1.82) is 0 Å².